The Morgan fingerprint density at radius 2 is 2.05 bits per heavy atom. The van der Waals surface area contributed by atoms with Crippen LogP contribution in [-0.4, -0.2) is 29.1 Å². The number of anilines is 1. The molecule has 0 saturated heterocycles. The third-order valence-corrected chi connectivity index (χ3v) is 2.71. The number of carboxylic acids is 1. The summed E-state index contributed by atoms with van der Waals surface area (Å²) in [6.45, 7) is 1.81. The second-order valence-corrected chi connectivity index (χ2v) is 4.55. The van der Waals surface area contributed by atoms with E-state index in [1.54, 1.807) is 18.2 Å². The summed E-state index contributed by atoms with van der Waals surface area (Å²) < 4.78 is 0. The van der Waals surface area contributed by atoms with Crippen LogP contribution < -0.4 is 16.4 Å². The number of aliphatic carboxylic acids is 1. The standard InChI is InChI=1S/C12H14ClN3O4/c1-6-2-3-7(13)8(4-6)15-12(20)16-9(11(18)19)5-10(14)17/h2-4,9H,5H2,1H3,(H2,14,17)(H,18,19)(H2,15,16,20)/t9-/m0/s1. The first-order valence-electron chi connectivity index (χ1n) is 5.64. The third kappa shape index (κ3) is 4.77. The van der Waals surface area contributed by atoms with Gasteiger partial charge < -0.3 is 21.5 Å². The lowest BCUT2D eigenvalue weighted by atomic mass is 10.2. The Morgan fingerprint density at radius 3 is 2.60 bits per heavy atom. The molecule has 0 heterocycles. The van der Waals surface area contributed by atoms with E-state index in [9.17, 15) is 14.4 Å². The van der Waals surface area contributed by atoms with Crippen molar-refractivity contribution in [3.05, 3.63) is 28.8 Å². The number of hydrogen-bond acceptors (Lipinski definition) is 3. The summed E-state index contributed by atoms with van der Waals surface area (Å²) in [6.07, 6.45) is -0.496. The highest BCUT2D eigenvalue weighted by molar-refractivity contribution is 6.33. The van der Waals surface area contributed by atoms with Crippen LogP contribution in [0.5, 0.6) is 0 Å². The minimum atomic E-state index is -1.39. The molecule has 108 valence electrons. The fourth-order valence-electron chi connectivity index (χ4n) is 1.45. The van der Waals surface area contributed by atoms with E-state index in [-0.39, 0.29) is 0 Å². The lowest BCUT2D eigenvalue weighted by molar-refractivity contribution is -0.140. The highest BCUT2D eigenvalue weighted by Gasteiger charge is 2.22. The van der Waals surface area contributed by atoms with Gasteiger partial charge in [0.25, 0.3) is 0 Å². The molecule has 0 aromatic heterocycles. The smallest absolute Gasteiger partial charge is 0.326 e. The Hall–Kier alpha value is -2.28. The maximum atomic E-state index is 11.7. The fraction of sp³-hybridized carbons (Fsp3) is 0.250. The molecule has 0 saturated carbocycles. The summed E-state index contributed by atoms with van der Waals surface area (Å²) in [6, 6.07) is 2.82. The maximum absolute atomic E-state index is 11.7. The van der Waals surface area contributed by atoms with Gasteiger partial charge in [-0.05, 0) is 24.6 Å². The van der Waals surface area contributed by atoms with Gasteiger partial charge in [-0.25, -0.2) is 9.59 Å². The molecule has 0 bridgehead atoms. The lowest BCUT2D eigenvalue weighted by Gasteiger charge is -2.14. The number of primary amides is 1. The van der Waals surface area contributed by atoms with Gasteiger partial charge in [-0.1, -0.05) is 17.7 Å². The van der Waals surface area contributed by atoms with E-state index < -0.39 is 30.4 Å². The third-order valence-electron chi connectivity index (χ3n) is 2.38. The molecule has 0 spiro atoms. The van der Waals surface area contributed by atoms with Crippen LogP contribution in [0.1, 0.15) is 12.0 Å². The largest absolute Gasteiger partial charge is 0.480 e. The van der Waals surface area contributed by atoms with Crippen molar-refractivity contribution in [2.75, 3.05) is 5.32 Å². The number of carboxylic acid groups (broad SMARTS) is 1. The van der Waals surface area contributed by atoms with E-state index in [4.69, 9.17) is 22.4 Å². The summed E-state index contributed by atoms with van der Waals surface area (Å²) in [5.41, 5.74) is 6.12. The van der Waals surface area contributed by atoms with E-state index in [0.29, 0.717) is 10.7 Å². The number of hydrogen-bond donors (Lipinski definition) is 4. The van der Waals surface area contributed by atoms with E-state index >= 15 is 0 Å². The lowest BCUT2D eigenvalue weighted by Crippen LogP contribution is -2.45. The van der Waals surface area contributed by atoms with E-state index in [1.165, 1.54) is 0 Å². The van der Waals surface area contributed by atoms with Gasteiger partial charge in [0.05, 0.1) is 17.1 Å². The minimum Gasteiger partial charge on any atom is -0.480 e. The van der Waals surface area contributed by atoms with Gasteiger partial charge in [-0.15, -0.1) is 0 Å². The van der Waals surface area contributed by atoms with Crippen molar-refractivity contribution in [1.29, 1.82) is 0 Å². The van der Waals surface area contributed by atoms with Crippen LogP contribution in [0.25, 0.3) is 0 Å². The number of nitrogens with one attached hydrogen (secondary N) is 2. The van der Waals surface area contributed by atoms with Crippen molar-refractivity contribution in [1.82, 2.24) is 5.32 Å². The summed E-state index contributed by atoms with van der Waals surface area (Å²) in [7, 11) is 0. The summed E-state index contributed by atoms with van der Waals surface area (Å²) >= 11 is 5.89. The number of rotatable bonds is 5. The van der Waals surface area contributed by atoms with Gasteiger partial charge in [0.1, 0.15) is 6.04 Å². The van der Waals surface area contributed by atoms with Gasteiger partial charge in [0, 0.05) is 0 Å². The Balaban J connectivity index is 2.72. The Morgan fingerprint density at radius 1 is 1.40 bits per heavy atom. The average Bonchev–Trinajstić information content (AvgIpc) is 2.32. The minimum absolute atomic E-state index is 0.313. The molecule has 1 rings (SSSR count). The summed E-state index contributed by atoms with van der Waals surface area (Å²) in [5.74, 6) is -2.18. The number of carbonyl (C=O) groups is 3. The van der Waals surface area contributed by atoms with Gasteiger partial charge >= 0.3 is 12.0 Å². The molecule has 1 atom stereocenters. The second kappa shape index (κ2) is 6.76. The highest BCUT2D eigenvalue weighted by atomic mass is 35.5. The molecule has 0 aliphatic carbocycles. The number of urea groups is 1. The molecule has 3 amide bonds. The average molecular weight is 300 g/mol. The van der Waals surface area contributed by atoms with Crippen molar-refractivity contribution in [2.24, 2.45) is 5.73 Å². The molecular weight excluding hydrogens is 286 g/mol. The van der Waals surface area contributed by atoms with Crippen molar-refractivity contribution in [2.45, 2.75) is 19.4 Å². The second-order valence-electron chi connectivity index (χ2n) is 4.14. The molecule has 0 unspecified atom stereocenters. The van der Waals surface area contributed by atoms with Gasteiger partial charge in [-0.3, -0.25) is 4.79 Å². The van der Waals surface area contributed by atoms with Crippen LogP contribution in [-0.2, 0) is 9.59 Å². The number of carbonyl (C=O) groups excluding carboxylic acids is 2. The molecule has 0 radical (unpaired) electrons. The molecule has 0 aliphatic rings. The topological polar surface area (TPSA) is 122 Å². The monoisotopic (exact) mass is 299 g/mol. The molecule has 7 nitrogen and oxygen atoms in total. The first kappa shape index (κ1) is 15.8. The predicted octanol–water partition coefficient (Wildman–Crippen LogP) is 1.10. The van der Waals surface area contributed by atoms with Gasteiger partial charge in [0.15, 0.2) is 0 Å². The van der Waals surface area contributed by atoms with E-state index in [2.05, 4.69) is 10.6 Å². The number of aryl methyl sites for hydroxylation is 1. The molecule has 20 heavy (non-hydrogen) atoms. The first-order chi connectivity index (χ1) is 9.29. The van der Waals surface area contributed by atoms with Crippen molar-refractivity contribution in [3.63, 3.8) is 0 Å². The molecule has 5 N–H and O–H groups in total. The number of nitrogens with two attached hydrogens (primary N) is 1. The zero-order valence-corrected chi connectivity index (χ0v) is 11.4. The highest BCUT2D eigenvalue weighted by Crippen LogP contribution is 2.22. The predicted molar refractivity (Wildman–Crippen MR) is 73.6 cm³/mol. The van der Waals surface area contributed by atoms with Gasteiger partial charge in [-0.2, -0.15) is 0 Å². The van der Waals surface area contributed by atoms with Gasteiger partial charge in [0.2, 0.25) is 5.91 Å². The fourth-order valence-corrected chi connectivity index (χ4v) is 1.62. The maximum Gasteiger partial charge on any atom is 0.326 e. The van der Waals surface area contributed by atoms with Crippen LogP contribution in [0, 0.1) is 6.92 Å². The quantitative estimate of drug-likeness (QED) is 0.650. The molecule has 8 heteroatoms. The number of benzene rings is 1. The van der Waals surface area contributed by atoms with Crippen LogP contribution in [0.4, 0.5) is 10.5 Å². The Bertz CT molecular complexity index is 548. The van der Waals surface area contributed by atoms with Crippen molar-refractivity contribution < 1.29 is 19.5 Å². The van der Waals surface area contributed by atoms with Crippen molar-refractivity contribution >= 4 is 35.2 Å². The van der Waals surface area contributed by atoms with Crippen LogP contribution >= 0.6 is 11.6 Å². The zero-order chi connectivity index (χ0) is 15.3. The summed E-state index contributed by atoms with van der Waals surface area (Å²) in [5, 5.41) is 13.7. The van der Waals surface area contributed by atoms with Crippen LogP contribution in [0.3, 0.4) is 0 Å². The normalized spacial score (nSPS) is 11.5. The van der Waals surface area contributed by atoms with Crippen molar-refractivity contribution in [3.8, 4) is 0 Å². The molecule has 1 aromatic carbocycles. The molecule has 1 aromatic rings. The first-order valence-corrected chi connectivity index (χ1v) is 6.02. The SMILES string of the molecule is Cc1ccc(Cl)c(NC(=O)N[C@@H](CC(N)=O)C(=O)O)c1. The number of halogens is 1. The zero-order valence-electron chi connectivity index (χ0n) is 10.6. The van der Waals surface area contributed by atoms with Crippen LogP contribution in [0.15, 0.2) is 18.2 Å². The van der Waals surface area contributed by atoms with E-state index in [0.717, 1.165) is 5.56 Å². The molecular formula is C12H14ClN3O4. The number of amides is 3. The molecule has 0 aliphatic heterocycles. The Kier molecular flexibility index (Phi) is 5.33. The van der Waals surface area contributed by atoms with E-state index in [1.807, 2.05) is 6.92 Å². The Labute approximate surface area is 120 Å². The summed E-state index contributed by atoms with van der Waals surface area (Å²) in [4.78, 5) is 33.3. The molecule has 0 fully saturated rings. The van der Waals surface area contributed by atoms with Crippen LogP contribution in [0.2, 0.25) is 5.02 Å².